The number of benzene rings is 4. The van der Waals surface area contributed by atoms with E-state index >= 15 is 0 Å². The van der Waals surface area contributed by atoms with Gasteiger partial charge in [0, 0.05) is 18.7 Å². The molecule has 0 aliphatic heterocycles. The standard InChI is InChI=1S/C41H51N3O4/c1-6-8-9-10-16-27-44(39(46)36(28-31-17-12-11-13-18-31)43-40(47)48-41(3,4)5)37(33-23-21-30(7-2)22-24-33)38(45)42-35-26-25-32-19-14-15-20-34(32)29-35/h11-15,17-26,29,36-37H,6-10,16,27-28H2,1-5H3,(H,42,45)(H,43,47). The molecule has 0 radical (unpaired) electrons. The fraction of sp³-hybridized carbons (Fsp3) is 0.390. The highest BCUT2D eigenvalue weighted by atomic mass is 16.6. The Morgan fingerprint density at radius 3 is 2.08 bits per heavy atom. The number of nitrogens with zero attached hydrogens (tertiary/aromatic N) is 1. The van der Waals surface area contributed by atoms with Crippen LogP contribution in [0.1, 0.15) is 89.5 Å². The molecule has 0 fully saturated rings. The Labute approximate surface area is 286 Å². The third-order valence-electron chi connectivity index (χ3n) is 8.34. The summed E-state index contributed by atoms with van der Waals surface area (Å²) in [5.74, 6) is -0.648. The average Bonchev–Trinajstić information content (AvgIpc) is 3.06. The SMILES string of the molecule is CCCCCCCN(C(=O)C(Cc1ccccc1)NC(=O)OC(C)(C)C)C(C(=O)Nc1ccc2ccccc2c1)c1ccc(CC)cc1. The summed E-state index contributed by atoms with van der Waals surface area (Å²) >= 11 is 0. The van der Waals surface area contributed by atoms with Crippen molar-refractivity contribution >= 4 is 34.4 Å². The molecule has 0 aliphatic carbocycles. The highest BCUT2D eigenvalue weighted by Crippen LogP contribution is 2.28. The molecular weight excluding hydrogens is 598 g/mol. The molecule has 0 saturated heterocycles. The second-order valence-corrected chi connectivity index (χ2v) is 13.4. The van der Waals surface area contributed by atoms with E-state index in [1.807, 2.05) is 97.1 Å². The van der Waals surface area contributed by atoms with Crippen molar-refractivity contribution in [2.24, 2.45) is 0 Å². The average molecular weight is 650 g/mol. The Bertz CT molecular complexity index is 1630. The van der Waals surface area contributed by atoms with E-state index in [1.54, 1.807) is 25.7 Å². The summed E-state index contributed by atoms with van der Waals surface area (Å²) in [4.78, 5) is 44.1. The van der Waals surface area contributed by atoms with Gasteiger partial charge in [-0.1, -0.05) is 124 Å². The third-order valence-corrected chi connectivity index (χ3v) is 8.34. The van der Waals surface area contributed by atoms with Crippen LogP contribution in [0.4, 0.5) is 10.5 Å². The topological polar surface area (TPSA) is 87.7 Å². The Morgan fingerprint density at radius 2 is 1.42 bits per heavy atom. The minimum Gasteiger partial charge on any atom is -0.444 e. The van der Waals surface area contributed by atoms with Crippen molar-refractivity contribution in [3.63, 3.8) is 0 Å². The number of hydrogen-bond acceptors (Lipinski definition) is 4. The summed E-state index contributed by atoms with van der Waals surface area (Å²) in [6.07, 6.45) is 5.33. The molecule has 0 spiro atoms. The van der Waals surface area contributed by atoms with Gasteiger partial charge < -0.3 is 20.3 Å². The van der Waals surface area contributed by atoms with Gasteiger partial charge in [-0.05, 0) is 73.2 Å². The van der Waals surface area contributed by atoms with Crippen molar-refractivity contribution in [3.8, 4) is 0 Å². The number of fused-ring (bicyclic) bond motifs is 1. The molecule has 7 heteroatoms. The predicted molar refractivity (Wildman–Crippen MR) is 195 cm³/mol. The quantitative estimate of drug-likeness (QED) is 0.126. The Balaban J connectivity index is 1.75. The van der Waals surface area contributed by atoms with Crippen LogP contribution in [-0.4, -0.2) is 41.0 Å². The second kappa shape index (κ2) is 17.5. The lowest BCUT2D eigenvalue weighted by molar-refractivity contribution is -0.140. The van der Waals surface area contributed by atoms with Crippen molar-refractivity contribution in [1.82, 2.24) is 10.2 Å². The minimum absolute atomic E-state index is 0.249. The van der Waals surface area contributed by atoms with Gasteiger partial charge in [-0.3, -0.25) is 9.59 Å². The molecule has 2 atom stereocenters. The van der Waals surface area contributed by atoms with E-state index in [2.05, 4.69) is 24.5 Å². The summed E-state index contributed by atoms with van der Waals surface area (Å²) in [6.45, 7) is 9.97. The number of carbonyl (C=O) groups is 3. The van der Waals surface area contributed by atoms with Crippen LogP contribution in [0.25, 0.3) is 10.8 Å². The normalized spacial score (nSPS) is 12.6. The van der Waals surface area contributed by atoms with Crippen LogP contribution < -0.4 is 10.6 Å². The second-order valence-electron chi connectivity index (χ2n) is 13.4. The van der Waals surface area contributed by atoms with E-state index in [-0.39, 0.29) is 18.2 Å². The van der Waals surface area contributed by atoms with Crippen LogP contribution >= 0.6 is 0 Å². The zero-order chi connectivity index (χ0) is 34.5. The zero-order valence-electron chi connectivity index (χ0n) is 29.1. The molecule has 0 heterocycles. The number of aryl methyl sites for hydroxylation is 1. The lowest BCUT2D eigenvalue weighted by Gasteiger charge is -2.35. The molecule has 2 unspecified atom stereocenters. The van der Waals surface area contributed by atoms with E-state index in [0.717, 1.165) is 60.4 Å². The number of hydrogen-bond donors (Lipinski definition) is 2. The van der Waals surface area contributed by atoms with Gasteiger partial charge in [-0.25, -0.2) is 4.79 Å². The first kappa shape index (κ1) is 36.2. The van der Waals surface area contributed by atoms with E-state index in [9.17, 15) is 14.4 Å². The van der Waals surface area contributed by atoms with Gasteiger partial charge >= 0.3 is 6.09 Å². The Hall–Kier alpha value is -4.65. The molecule has 0 saturated carbocycles. The molecule has 2 N–H and O–H groups in total. The van der Waals surface area contributed by atoms with Crippen LogP contribution in [0.5, 0.6) is 0 Å². The molecule has 4 rings (SSSR count). The van der Waals surface area contributed by atoms with Crippen LogP contribution in [0, 0.1) is 0 Å². The highest BCUT2D eigenvalue weighted by molar-refractivity contribution is 6.00. The van der Waals surface area contributed by atoms with Gasteiger partial charge in [0.25, 0.3) is 5.91 Å². The number of carbonyl (C=O) groups excluding carboxylic acids is 3. The summed E-state index contributed by atoms with van der Waals surface area (Å²) in [7, 11) is 0. The lowest BCUT2D eigenvalue weighted by atomic mass is 9.98. The van der Waals surface area contributed by atoms with Crippen molar-refractivity contribution in [3.05, 3.63) is 114 Å². The monoisotopic (exact) mass is 649 g/mol. The maximum Gasteiger partial charge on any atom is 0.408 e. The van der Waals surface area contributed by atoms with Crippen molar-refractivity contribution in [2.45, 2.75) is 97.2 Å². The number of unbranched alkanes of at least 4 members (excludes halogenated alkanes) is 4. The molecule has 3 amide bonds. The molecule has 254 valence electrons. The zero-order valence-corrected chi connectivity index (χ0v) is 29.1. The van der Waals surface area contributed by atoms with Crippen LogP contribution in [-0.2, 0) is 27.2 Å². The molecule has 0 bridgehead atoms. The van der Waals surface area contributed by atoms with Crippen molar-refractivity contribution < 1.29 is 19.1 Å². The summed E-state index contributed by atoms with van der Waals surface area (Å²) in [5.41, 5.74) is 2.64. The molecule has 48 heavy (non-hydrogen) atoms. The molecule has 4 aromatic rings. The van der Waals surface area contributed by atoms with Crippen LogP contribution in [0.15, 0.2) is 97.1 Å². The largest absolute Gasteiger partial charge is 0.444 e. The molecule has 0 aromatic heterocycles. The van der Waals surface area contributed by atoms with Gasteiger partial charge in [0.05, 0.1) is 0 Å². The van der Waals surface area contributed by atoms with Crippen LogP contribution in [0.3, 0.4) is 0 Å². The van der Waals surface area contributed by atoms with Gasteiger partial charge in [-0.2, -0.15) is 0 Å². The van der Waals surface area contributed by atoms with Gasteiger partial charge in [0.2, 0.25) is 5.91 Å². The maximum atomic E-state index is 14.8. The number of alkyl carbamates (subject to hydrolysis) is 1. The van der Waals surface area contributed by atoms with Crippen molar-refractivity contribution in [2.75, 3.05) is 11.9 Å². The molecular formula is C41H51N3O4. The summed E-state index contributed by atoms with van der Waals surface area (Å²) in [5, 5.41) is 8.06. The predicted octanol–water partition coefficient (Wildman–Crippen LogP) is 9.02. The number of nitrogens with one attached hydrogen (secondary N) is 2. The number of amides is 3. The van der Waals surface area contributed by atoms with E-state index < -0.39 is 23.8 Å². The molecule has 4 aromatic carbocycles. The Morgan fingerprint density at radius 1 is 0.750 bits per heavy atom. The van der Waals surface area contributed by atoms with E-state index in [0.29, 0.717) is 17.8 Å². The summed E-state index contributed by atoms with van der Waals surface area (Å²) < 4.78 is 5.59. The van der Waals surface area contributed by atoms with Crippen LogP contribution in [0.2, 0.25) is 0 Å². The van der Waals surface area contributed by atoms with Gasteiger partial charge in [0.1, 0.15) is 17.7 Å². The fourth-order valence-electron chi connectivity index (χ4n) is 5.84. The minimum atomic E-state index is -0.955. The molecule has 0 aliphatic rings. The first-order valence-corrected chi connectivity index (χ1v) is 17.3. The number of rotatable bonds is 15. The lowest BCUT2D eigenvalue weighted by Crippen LogP contribution is -2.53. The fourth-order valence-corrected chi connectivity index (χ4v) is 5.84. The van der Waals surface area contributed by atoms with E-state index in [1.165, 1.54) is 0 Å². The highest BCUT2D eigenvalue weighted by Gasteiger charge is 2.36. The van der Waals surface area contributed by atoms with E-state index in [4.69, 9.17) is 4.74 Å². The van der Waals surface area contributed by atoms with Crippen molar-refractivity contribution in [1.29, 1.82) is 0 Å². The maximum absolute atomic E-state index is 14.8. The third kappa shape index (κ3) is 10.7. The Kier molecular flexibility index (Phi) is 13.2. The molecule has 7 nitrogen and oxygen atoms in total. The first-order valence-electron chi connectivity index (χ1n) is 17.3. The summed E-state index contributed by atoms with van der Waals surface area (Å²) in [6, 6.07) is 29.4. The van der Waals surface area contributed by atoms with Gasteiger partial charge in [0.15, 0.2) is 0 Å². The number of anilines is 1. The smallest absolute Gasteiger partial charge is 0.408 e. The van der Waals surface area contributed by atoms with Gasteiger partial charge in [-0.15, -0.1) is 0 Å². The number of ether oxygens (including phenoxy) is 1. The first-order chi connectivity index (χ1) is 23.1.